The Morgan fingerprint density at radius 2 is 2.05 bits per heavy atom. The quantitative estimate of drug-likeness (QED) is 0.779. The molecule has 20 heavy (non-hydrogen) atoms. The van der Waals surface area contributed by atoms with Crippen molar-refractivity contribution in [3.05, 3.63) is 0 Å². The molecule has 3 atom stereocenters. The third-order valence-corrected chi connectivity index (χ3v) is 4.74. The number of β-amino-alcohol motifs (C(OH)–C–C–N with tert-alkyl or cyclic N) is 1. The number of likely N-dealkylation sites (tertiary alicyclic amines) is 1. The van der Waals surface area contributed by atoms with Gasteiger partial charge in [0.15, 0.2) is 0 Å². The van der Waals surface area contributed by atoms with Crippen LogP contribution >= 0.6 is 0 Å². The Balaban J connectivity index is 1.72. The average molecular weight is 285 g/mol. The SMILES string of the molecule is CC(C)COCC(O)CN1CCC2(O)CCCCC2C1. The van der Waals surface area contributed by atoms with E-state index in [2.05, 4.69) is 18.7 Å². The van der Waals surface area contributed by atoms with Crippen LogP contribution in [0.3, 0.4) is 0 Å². The molecule has 4 heteroatoms. The van der Waals surface area contributed by atoms with E-state index in [1.165, 1.54) is 12.8 Å². The standard InChI is InChI=1S/C16H31NO3/c1-13(2)11-20-12-15(18)10-17-8-7-16(19)6-4-3-5-14(16)9-17/h13-15,18-19H,3-12H2,1-2H3. The van der Waals surface area contributed by atoms with Crippen molar-refractivity contribution in [3.8, 4) is 0 Å². The van der Waals surface area contributed by atoms with Crippen LogP contribution < -0.4 is 0 Å². The van der Waals surface area contributed by atoms with Gasteiger partial charge < -0.3 is 19.8 Å². The van der Waals surface area contributed by atoms with Crippen LogP contribution in [0.25, 0.3) is 0 Å². The van der Waals surface area contributed by atoms with Crippen molar-refractivity contribution in [1.29, 1.82) is 0 Å². The van der Waals surface area contributed by atoms with Gasteiger partial charge in [-0.1, -0.05) is 26.7 Å². The second kappa shape index (κ2) is 7.21. The zero-order chi connectivity index (χ0) is 14.6. The van der Waals surface area contributed by atoms with E-state index in [-0.39, 0.29) is 0 Å². The number of hydrogen-bond acceptors (Lipinski definition) is 4. The van der Waals surface area contributed by atoms with Crippen molar-refractivity contribution in [3.63, 3.8) is 0 Å². The van der Waals surface area contributed by atoms with Gasteiger partial charge in [-0.3, -0.25) is 0 Å². The summed E-state index contributed by atoms with van der Waals surface area (Å²) in [7, 11) is 0. The van der Waals surface area contributed by atoms with Gasteiger partial charge in [-0.2, -0.15) is 0 Å². The number of aliphatic hydroxyl groups is 2. The van der Waals surface area contributed by atoms with Crippen molar-refractivity contribution in [2.75, 3.05) is 32.8 Å². The molecule has 0 aromatic rings. The van der Waals surface area contributed by atoms with Crippen molar-refractivity contribution >= 4 is 0 Å². The summed E-state index contributed by atoms with van der Waals surface area (Å²) in [6.45, 7) is 7.85. The van der Waals surface area contributed by atoms with E-state index in [9.17, 15) is 10.2 Å². The molecule has 1 aliphatic heterocycles. The van der Waals surface area contributed by atoms with Gasteiger partial charge in [0.2, 0.25) is 0 Å². The normalized spacial score (nSPS) is 33.1. The van der Waals surface area contributed by atoms with Gasteiger partial charge in [0.25, 0.3) is 0 Å². The van der Waals surface area contributed by atoms with Gasteiger partial charge in [0, 0.05) is 32.2 Å². The van der Waals surface area contributed by atoms with Crippen LogP contribution in [0.15, 0.2) is 0 Å². The predicted octanol–water partition coefficient (Wildman–Crippen LogP) is 1.65. The largest absolute Gasteiger partial charge is 0.390 e. The fourth-order valence-corrected chi connectivity index (χ4v) is 3.60. The minimum atomic E-state index is -0.423. The van der Waals surface area contributed by atoms with E-state index in [4.69, 9.17) is 4.74 Å². The second-order valence-corrected chi connectivity index (χ2v) is 7.14. The smallest absolute Gasteiger partial charge is 0.0900 e. The van der Waals surface area contributed by atoms with Crippen LogP contribution in [0.2, 0.25) is 0 Å². The minimum absolute atomic E-state index is 0.397. The number of rotatable bonds is 6. The van der Waals surface area contributed by atoms with Crippen LogP contribution in [0, 0.1) is 11.8 Å². The zero-order valence-electron chi connectivity index (χ0n) is 13.1. The number of nitrogens with zero attached hydrogens (tertiary/aromatic N) is 1. The van der Waals surface area contributed by atoms with E-state index >= 15 is 0 Å². The zero-order valence-corrected chi connectivity index (χ0v) is 13.1. The molecule has 2 rings (SSSR count). The Hall–Kier alpha value is -0.160. The lowest BCUT2D eigenvalue weighted by Crippen LogP contribution is -2.54. The topological polar surface area (TPSA) is 52.9 Å². The Morgan fingerprint density at radius 1 is 1.25 bits per heavy atom. The van der Waals surface area contributed by atoms with Gasteiger partial charge in [-0.05, 0) is 25.2 Å². The first-order valence-electron chi connectivity index (χ1n) is 8.20. The van der Waals surface area contributed by atoms with Gasteiger partial charge in [-0.25, -0.2) is 0 Å². The minimum Gasteiger partial charge on any atom is -0.390 e. The van der Waals surface area contributed by atoms with Crippen LogP contribution in [-0.4, -0.2) is 59.7 Å². The van der Waals surface area contributed by atoms with Crippen molar-refractivity contribution < 1.29 is 14.9 Å². The summed E-state index contributed by atoms with van der Waals surface area (Å²) >= 11 is 0. The number of piperidine rings is 1. The van der Waals surface area contributed by atoms with E-state index < -0.39 is 11.7 Å². The molecule has 1 heterocycles. The lowest BCUT2D eigenvalue weighted by molar-refractivity contribution is -0.103. The third kappa shape index (κ3) is 4.42. The van der Waals surface area contributed by atoms with Gasteiger partial charge in [-0.15, -0.1) is 0 Å². The van der Waals surface area contributed by atoms with Crippen LogP contribution in [0.4, 0.5) is 0 Å². The maximum absolute atomic E-state index is 10.6. The summed E-state index contributed by atoms with van der Waals surface area (Å²) in [5.41, 5.74) is -0.423. The number of aliphatic hydroxyl groups excluding tert-OH is 1. The molecule has 3 unspecified atom stereocenters. The van der Waals surface area contributed by atoms with Gasteiger partial charge >= 0.3 is 0 Å². The molecule has 0 aromatic carbocycles. The highest BCUT2D eigenvalue weighted by Gasteiger charge is 2.42. The number of ether oxygens (including phenoxy) is 1. The number of hydrogen-bond donors (Lipinski definition) is 2. The third-order valence-electron chi connectivity index (χ3n) is 4.74. The summed E-state index contributed by atoms with van der Waals surface area (Å²) in [4.78, 5) is 2.30. The Kier molecular flexibility index (Phi) is 5.84. The Labute approximate surface area is 123 Å². The van der Waals surface area contributed by atoms with Crippen LogP contribution in [0.1, 0.15) is 46.0 Å². The molecule has 0 bridgehead atoms. The molecule has 2 aliphatic rings. The highest BCUT2D eigenvalue weighted by atomic mass is 16.5. The molecule has 0 amide bonds. The van der Waals surface area contributed by atoms with Crippen molar-refractivity contribution in [2.45, 2.75) is 57.7 Å². The fraction of sp³-hybridized carbons (Fsp3) is 1.00. The predicted molar refractivity (Wildman–Crippen MR) is 79.6 cm³/mol. The molecule has 1 aliphatic carbocycles. The molecule has 118 valence electrons. The monoisotopic (exact) mass is 285 g/mol. The molecule has 1 saturated heterocycles. The summed E-state index contributed by atoms with van der Waals surface area (Å²) in [6.07, 6.45) is 4.94. The molecular formula is C16H31NO3. The molecular weight excluding hydrogens is 254 g/mol. The van der Waals surface area contributed by atoms with Crippen LogP contribution in [0.5, 0.6) is 0 Å². The summed E-state index contributed by atoms with van der Waals surface area (Å²) in [5.74, 6) is 0.906. The van der Waals surface area contributed by atoms with Crippen LogP contribution in [-0.2, 0) is 4.74 Å². The Morgan fingerprint density at radius 3 is 2.80 bits per heavy atom. The molecule has 1 saturated carbocycles. The first kappa shape index (κ1) is 16.2. The summed E-state index contributed by atoms with van der Waals surface area (Å²) in [5, 5.41) is 20.7. The molecule has 4 nitrogen and oxygen atoms in total. The Bertz CT molecular complexity index is 297. The maximum Gasteiger partial charge on any atom is 0.0900 e. The molecule has 0 aromatic heterocycles. The lowest BCUT2D eigenvalue weighted by atomic mass is 9.71. The molecule has 2 N–H and O–H groups in total. The van der Waals surface area contributed by atoms with E-state index in [0.29, 0.717) is 31.6 Å². The molecule has 2 fully saturated rings. The molecule has 0 spiro atoms. The second-order valence-electron chi connectivity index (χ2n) is 7.14. The average Bonchev–Trinajstić information content (AvgIpc) is 2.38. The maximum atomic E-state index is 10.6. The van der Waals surface area contributed by atoms with E-state index in [0.717, 1.165) is 32.4 Å². The van der Waals surface area contributed by atoms with Gasteiger partial charge in [0.1, 0.15) is 0 Å². The molecule has 0 radical (unpaired) electrons. The van der Waals surface area contributed by atoms with Crippen molar-refractivity contribution in [1.82, 2.24) is 4.90 Å². The first-order valence-corrected chi connectivity index (χ1v) is 8.20. The number of fused-ring (bicyclic) bond motifs is 1. The highest BCUT2D eigenvalue weighted by molar-refractivity contribution is 4.95. The first-order chi connectivity index (χ1) is 9.49. The summed E-state index contributed by atoms with van der Waals surface area (Å²) in [6, 6.07) is 0. The van der Waals surface area contributed by atoms with Crippen molar-refractivity contribution in [2.24, 2.45) is 11.8 Å². The van der Waals surface area contributed by atoms with E-state index in [1.807, 2.05) is 0 Å². The summed E-state index contributed by atoms with van der Waals surface area (Å²) < 4.78 is 5.50. The fourth-order valence-electron chi connectivity index (χ4n) is 3.60. The highest BCUT2D eigenvalue weighted by Crippen LogP contribution is 2.39. The van der Waals surface area contributed by atoms with Gasteiger partial charge in [0.05, 0.1) is 18.3 Å². The van der Waals surface area contributed by atoms with E-state index in [1.54, 1.807) is 0 Å². The lowest BCUT2D eigenvalue weighted by Gasteiger charge is -2.47.